The van der Waals surface area contributed by atoms with Crippen molar-refractivity contribution >= 4 is 17.8 Å². The minimum absolute atomic E-state index is 0.0462. The van der Waals surface area contributed by atoms with E-state index in [0.29, 0.717) is 0 Å². The SMILES string of the molecule is [2H][C@@H](c1c(OC)noc1C(C)(C)C)C(NC(C)=O)(C(=O)OCC)C(=O)OCC. The van der Waals surface area contributed by atoms with Gasteiger partial charge in [-0.15, -0.1) is 0 Å². The highest BCUT2D eigenvalue weighted by Gasteiger charge is 2.52. The van der Waals surface area contributed by atoms with Crippen molar-refractivity contribution in [1.82, 2.24) is 10.5 Å². The number of ether oxygens (including phenoxy) is 3. The molecule has 0 aliphatic rings. The van der Waals surface area contributed by atoms with Crippen LogP contribution < -0.4 is 10.1 Å². The maximum Gasteiger partial charge on any atom is 0.344 e. The smallest absolute Gasteiger partial charge is 0.344 e. The first-order chi connectivity index (χ1) is 13.0. The fourth-order valence-corrected chi connectivity index (χ4v) is 2.42. The first kappa shape index (κ1) is 20.7. The molecule has 1 rings (SSSR count). The van der Waals surface area contributed by atoms with Crippen LogP contribution in [0.15, 0.2) is 4.52 Å². The van der Waals surface area contributed by atoms with E-state index in [2.05, 4.69) is 10.5 Å². The van der Waals surface area contributed by atoms with E-state index in [4.69, 9.17) is 20.1 Å². The van der Waals surface area contributed by atoms with Crippen LogP contribution in [-0.2, 0) is 35.7 Å². The van der Waals surface area contributed by atoms with Crippen LogP contribution in [0.25, 0.3) is 0 Å². The summed E-state index contributed by atoms with van der Waals surface area (Å²) in [7, 11) is 1.31. The zero-order valence-corrected chi connectivity index (χ0v) is 16.8. The molecule has 1 amide bonds. The Morgan fingerprint density at radius 1 is 1.15 bits per heavy atom. The van der Waals surface area contributed by atoms with Crippen molar-refractivity contribution in [2.45, 2.75) is 58.9 Å². The highest BCUT2D eigenvalue weighted by atomic mass is 16.6. The number of methoxy groups -OCH3 is 1. The van der Waals surface area contributed by atoms with Gasteiger partial charge in [-0.1, -0.05) is 20.8 Å². The van der Waals surface area contributed by atoms with E-state index in [-0.39, 0.29) is 30.4 Å². The van der Waals surface area contributed by atoms with Crippen LogP contribution >= 0.6 is 0 Å². The highest BCUT2D eigenvalue weighted by molar-refractivity contribution is 6.08. The Hall–Kier alpha value is -2.58. The van der Waals surface area contributed by atoms with Crippen LogP contribution in [0, 0.1) is 0 Å². The second kappa shape index (κ2) is 8.88. The van der Waals surface area contributed by atoms with Gasteiger partial charge in [-0.3, -0.25) is 4.79 Å². The molecule has 0 aliphatic heterocycles. The maximum absolute atomic E-state index is 12.9. The summed E-state index contributed by atoms with van der Waals surface area (Å²) in [5.74, 6) is -2.80. The van der Waals surface area contributed by atoms with Gasteiger partial charge in [0.15, 0.2) is 0 Å². The van der Waals surface area contributed by atoms with Crippen molar-refractivity contribution in [1.29, 1.82) is 0 Å². The van der Waals surface area contributed by atoms with Crippen molar-refractivity contribution in [2.75, 3.05) is 20.3 Å². The molecule has 0 saturated heterocycles. The van der Waals surface area contributed by atoms with E-state index >= 15 is 0 Å². The molecule has 1 aromatic rings. The molecule has 0 fully saturated rings. The lowest BCUT2D eigenvalue weighted by atomic mass is 9.84. The van der Waals surface area contributed by atoms with E-state index in [1.54, 1.807) is 34.6 Å². The predicted molar refractivity (Wildman–Crippen MR) is 95.3 cm³/mol. The molecule has 1 heterocycles. The second-order valence-electron chi connectivity index (χ2n) is 6.76. The zero-order chi connectivity index (χ0) is 21.7. The number of nitrogens with zero attached hydrogens (tertiary/aromatic N) is 1. The summed E-state index contributed by atoms with van der Waals surface area (Å²) in [6.45, 7) is 9.48. The molecule has 0 radical (unpaired) electrons. The third kappa shape index (κ3) is 4.99. The van der Waals surface area contributed by atoms with Crippen molar-refractivity contribution in [3.8, 4) is 5.88 Å². The Morgan fingerprint density at radius 3 is 2.04 bits per heavy atom. The summed E-state index contributed by atoms with van der Waals surface area (Å²) in [6.07, 6.45) is -1.70. The average molecular weight is 385 g/mol. The Labute approximate surface area is 160 Å². The molecule has 1 atom stereocenters. The number of nitrogens with one attached hydrogen (secondary N) is 1. The van der Waals surface area contributed by atoms with Crippen LogP contribution in [0.2, 0.25) is 0 Å². The van der Waals surface area contributed by atoms with Gasteiger partial charge in [0.1, 0.15) is 5.76 Å². The number of carbonyl (C=O) groups excluding carboxylic acids is 3. The quantitative estimate of drug-likeness (QED) is 0.529. The summed E-state index contributed by atoms with van der Waals surface area (Å²) in [4.78, 5) is 37.6. The zero-order valence-electron chi connectivity index (χ0n) is 17.8. The first-order valence-electron chi connectivity index (χ1n) is 9.14. The van der Waals surface area contributed by atoms with Gasteiger partial charge in [-0.25, -0.2) is 9.59 Å². The van der Waals surface area contributed by atoms with E-state index < -0.39 is 35.2 Å². The molecule has 0 unspecified atom stereocenters. The predicted octanol–water partition coefficient (Wildman–Crippen LogP) is 1.52. The normalized spacial score (nSPS) is 13.4. The van der Waals surface area contributed by atoms with Crippen LogP contribution in [0.4, 0.5) is 0 Å². The van der Waals surface area contributed by atoms with Crippen LogP contribution in [0.3, 0.4) is 0 Å². The minimum Gasteiger partial charge on any atom is -0.479 e. The minimum atomic E-state index is -2.46. The van der Waals surface area contributed by atoms with Crippen molar-refractivity contribution in [3.05, 3.63) is 11.3 Å². The molecule has 1 aromatic heterocycles. The molecular weight excluding hydrogens is 356 g/mol. The molecule has 1 N–H and O–H groups in total. The van der Waals surface area contributed by atoms with Crippen LogP contribution in [0.5, 0.6) is 5.88 Å². The summed E-state index contributed by atoms with van der Waals surface area (Å²) < 4.78 is 29.4. The fourth-order valence-electron chi connectivity index (χ4n) is 2.42. The van der Waals surface area contributed by atoms with Gasteiger partial charge in [0, 0.05) is 20.1 Å². The highest BCUT2D eigenvalue weighted by Crippen LogP contribution is 2.35. The molecule has 152 valence electrons. The van der Waals surface area contributed by atoms with Crippen LogP contribution in [-0.4, -0.2) is 48.9 Å². The molecule has 0 aliphatic carbocycles. The van der Waals surface area contributed by atoms with Crippen molar-refractivity contribution < 1.29 is 34.5 Å². The second-order valence-corrected chi connectivity index (χ2v) is 6.76. The monoisotopic (exact) mass is 385 g/mol. The Balaban J connectivity index is 3.78. The Bertz CT molecular complexity index is 706. The summed E-state index contributed by atoms with van der Waals surface area (Å²) >= 11 is 0. The summed E-state index contributed by atoms with van der Waals surface area (Å²) in [6, 6.07) is 0. The molecule has 27 heavy (non-hydrogen) atoms. The van der Waals surface area contributed by atoms with Gasteiger partial charge in [-0.2, -0.15) is 0 Å². The third-order valence-corrected chi connectivity index (χ3v) is 3.50. The number of aromatic nitrogens is 1. The standard InChI is InChI=1S/C18H28N2O7/c1-8-25-15(22)18(19-11(3)21,16(23)26-9-2)10-12-13(17(4,5)6)27-20-14(12)24-7/h8-10H2,1-7H3,(H,19,21)/i10D/t10-/m0/s1. The number of amides is 1. The molecule has 0 saturated carbocycles. The average Bonchev–Trinajstić information content (AvgIpc) is 3.03. The molecule has 9 heteroatoms. The molecule has 9 nitrogen and oxygen atoms in total. The van der Waals surface area contributed by atoms with Gasteiger partial charge in [0.25, 0.3) is 5.88 Å². The summed E-state index contributed by atoms with van der Waals surface area (Å²) in [5, 5.41) is 6.07. The molecular formula is C18H28N2O7. The van der Waals surface area contributed by atoms with Crippen molar-refractivity contribution in [2.24, 2.45) is 0 Å². The number of hydrogen-bond acceptors (Lipinski definition) is 8. The van der Waals surface area contributed by atoms with Gasteiger partial charge < -0.3 is 24.1 Å². The lowest BCUT2D eigenvalue weighted by molar-refractivity contribution is -0.168. The van der Waals surface area contributed by atoms with E-state index in [1.165, 1.54) is 7.11 Å². The maximum atomic E-state index is 12.9. The van der Waals surface area contributed by atoms with Crippen LogP contribution in [0.1, 0.15) is 54.2 Å². The number of esters is 2. The lowest BCUT2D eigenvalue weighted by Crippen LogP contribution is -2.62. The van der Waals surface area contributed by atoms with Gasteiger partial charge >= 0.3 is 11.9 Å². The number of carbonyl (C=O) groups is 3. The fraction of sp³-hybridized carbons (Fsp3) is 0.667. The largest absolute Gasteiger partial charge is 0.479 e. The Morgan fingerprint density at radius 2 is 1.67 bits per heavy atom. The van der Waals surface area contributed by atoms with Crippen molar-refractivity contribution in [3.63, 3.8) is 0 Å². The first-order valence-corrected chi connectivity index (χ1v) is 8.56. The Kier molecular flexibility index (Phi) is 6.81. The topological polar surface area (TPSA) is 117 Å². The van der Waals surface area contributed by atoms with Gasteiger partial charge in [-0.05, 0) is 19.0 Å². The summed E-state index contributed by atoms with van der Waals surface area (Å²) in [5.41, 5.74) is -3.05. The van der Waals surface area contributed by atoms with Gasteiger partial charge in [0.05, 0.1) is 25.9 Å². The third-order valence-electron chi connectivity index (χ3n) is 3.50. The van der Waals surface area contributed by atoms with E-state index in [0.717, 1.165) is 6.92 Å². The van der Waals surface area contributed by atoms with E-state index in [1.807, 2.05) is 0 Å². The molecule has 0 bridgehead atoms. The molecule has 0 aromatic carbocycles. The number of rotatable bonds is 8. The van der Waals surface area contributed by atoms with Gasteiger partial charge in [0.2, 0.25) is 11.4 Å². The van der Waals surface area contributed by atoms with E-state index in [9.17, 15) is 14.4 Å². The lowest BCUT2D eigenvalue weighted by Gasteiger charge is -2.30. The molecule has 0 spiro atoms. The number of hydrogen-bond donors (Lipinski definition) is 1.